The number of rotatable bonds is 7. The summed E-state index contributed by atoms with van der Waals surface area (Å²) in [6, 6.07) is 2.72. The van der Waals surface area contributed by atoms with Gasteiger partial charge >= 0.3 is 0 Å². The molecule has 2 N–H and O–H groups in total. The zero-order valence-electron chi connectivity index (χ0n) is 13.7. The number of amides is 1. The topological polar surface area (TPSA) is 91.4 Å². The smallest absolute Gasteiger partial charge is 0.244 e. The standard InChI is InChI=1S/C15H24N4O3S/c1-4-11(5-2)18-23(21,22)12-6-7-14(16-10-12)17-13-8-9-19(3)15(13)20/h6-7,10-11,13,18H,4-5,8-9H2,1-3H3,(H,16,17). The first-order valence-electron chi connectivity index (χ1n) is 7.87. The molecule has 2 rings (SSSR count). The van der Waals surface area contributed by atoms with Crippen LogP contribution in [0.15, 0.2) is 23.2 Å². The molecule has 1 aliphatic heterocycles. The van der Waals surface area contributed by atoms with Crippen molar-refractivity contribution in [2.45, 2.75) is 50.1 Å². The van der Waals surface area contributed by atoms with Crippen molar-refractivity contribution in [3.63, 3.8) is 0 Å². The Hall–Kier alpha value is -1.67. The van der Waals surface area contributed by atoms with Crippen molar-refractivity contribution in [2.24, 2.45) is 0 Å². The molecule has 0 spiro atoms. The van der Waals surface area contributed by atoms with E-state index in [-0.39, 0.29) is 22.9 Å². The van der Waals surface area contributed by atoms with E-state index in [0.29, 0.717) is 18.8 Å². The van der Waals surface area contributed by atoms with Gasteiger partial charge in [0.05, 0.1) is 0 Å². The van der Waals surface area contributed by atoms with Gasteiger partial charge in [0, 0.05) is 25.8 Å². The van der Waals surface area contributed by atoms with E-state index in [2.05, 4.69) is 15.0 Å². The number of hydrogen-bond acceptors (Lipinski definition) is 5. The molecule has 128 valence electrons. The Bertz CT molecular complexity index is 641. The first kappa shape index (κ1) is 17.7. The molecule has 7 nitrogen and oxygen atoms in total. The quantitative estimate of drug-likeness (QED) is 0.778. The van der Waals surface area contributed by atoms with Gasteiger partial charge in [0.25, 0.3) is 0 Å². The summed E-state index contributed by atoms with van der Waals surface area (Å²) in [7, 11) is -1.80. The third-order valence-corrected chi connectivity index (χ3v) is 5.61. The number of sulfonamides is 1. The van der Waals surface area contributed by atoms with E-state index in [9.17, 15) is 13.2 Å². The van der Waals surface area contributed by atoms with Crippen LogP contribution in [0.1, 0.15) is 33.1 Å². The molecule has 0 radical (unpaired) electrons. The van der Waals surface area contributed by atoms with Gasteiger partial charge in [-0.15, -0.1) is 0 Å². The third-order valence-electron chi connectivity index (χ3n) is 4.10. The lowest BCUT2D eigenvalue weighted by Gasteiger charge is -2.15. The zero-order chi connectivity index (χ0) is 17.0. The molecule has 1 aliphatic rings. The number of carbonyl (C=O) groups excluding carboxylic acids is 1. The Morgan fingerprint density at radius 1 is 1.35 bits per heavy atom. The van der Waals surface area contributed by atoms with Gasteiger partial charge in [-0.2, -0.15) is 0 Å². The maximum Gasteiger partial charge on any atom is 0.244 e. The molecular weight excluding hydrogens is 316 g/mol. The Kier molecular flexibility index (Phi) is 5.59. The minimum atomic E-state index is -3.56. The van der Waals surface area contributed by atoms with Crippen LogP contribution in [0.4, 0.5) is 5.82 Å². The summed E-state index contributed by atoms with van der Waals surface area (Å²) >= 11 is 0. The highest BCUT2D eigenvalue weighted by Crippen LogP contribution is 2.16. The highest BCUT2D eigenvalue weighted by Gasteiger charge is 2.29. The van der Waals surface area contributed by atoms with Crippen molar-refractivity contribution < 1.29 is 13.2 Å². The summed E-state index contributed by atoms with van der Waals surface area (Å²) in [5, 5.41) is 3.05. The van der Waals surface area contributed by atoms with E-state index in [0.717, 1.165) is 12.8 Å². The Labute approximate surface area is 137 Å². The van der Waals surface area contributed by atoms with Crippen LogP contribution >= 0.6 is 0 Å². The molecule has 1 aromatic heterocycles. The van der Waals surface area contributed by atoms with E-state index in [1.807, 2.05) is 13.8 Å². The van der Waals surface area contributed by atoms with Gasteiger partial charge in [0.2, 0.25) is 15.9 Å². The monoisotopic (exact) mass is 340 g/mol. The molecule has 1 unspecified atom stereocenters. The van der Waals surface area contributed by atoms with Gasteiger partial charge in [-0.05, 0) is 31.4 Å². The zero-order valence-corrected chi connectivity index (χ0v) is 14.6. The van der Waals surface area contributed by atoms with Crippen molar-refractivity contribution in [1.29, 1.82) is 0 Å². The van der Waals surface area contributed by atoms with E-state index in [4.69, 9.17) is 0 Å². The number of pyridine rings is 1. The van der Waals surface area contributed by atoms with Gasteiger partial charge in [0.15, 0.2) is 0 Å². The fourth-order valence-electron chi connectivity index (χ4n) is 2.50. The summed E-state index contributed by atoms with van der Waals surface area (Å²) in [5.41, 5.74) is 0. The van der Waals surface area contributed by atoms with Crippen LogP contribution in [-0.4, -0.2) is 49.9 Å². The molecule has 1 saturated heterocycles. The fourth-order valence-corrected chi connectivity index (χ4v) is 3.85. The minimum Gasteiger partial charge on any atom is -0.358 e. The lowest BCUT2D eigenvalue weighted by atomic mass is 10.2. The predicted octanol–water partition coefficient (Wildman–Crippen LogP) is 1.19. The Morgan fingerprint density at radius 3 is 2.52 bits per heavy atom. The molecule has 8 heteroatoms. The number of likely N-dealkylation sites (N-methyl/N-ethyl adjacent to an activating group) is 1. The minimum absolute atomic E-state index is 0.0268. The van der Waals surface area contributed by atoms with Crippen LogP contribution in [0.3, 0.4) is 0 Å². The van der Waals surface area contributed by atoms with Gasteiger partial charge in [-0.25, -0.2) is 18.1 Å². The second kappa shape index (κ2) is 7.27. The number of carbonyl (C=O) groups is 1. The Morgan fingerprint density at radius 2 is 2.04 bits per heavy atom. The molecule has 0 saturated carbocycles. The van der Waals surface area contributed by atoms with Crippen LogP contribution < -0.4 is 10.0 Å². The molecule has 23 heavy (non-hydrogen) atoms. The largest absolute Gasteiger partial charge is 0.358 e. The molecule has 0 aliphatic carbocycles. The van der Waals surface area contributed by atoms with Crippen LogP contribution in [0.2, 0.25) is 0 Å². The molecule has 1 amide bonds. The van der Waals surface area contributed by atoms with Crippen molar-refractivity contribution >= 4 is 21.7 Å². The lowest BCUT2D eigenvalue weighted by Crippen LogP contribution is -2.34. The number of likely N-dealkylation sites (tertiary alicyclic amines) is 1. The van der Waals surface area contributed by atoms with E-state index >= 15 is 0 Å². The van der Waals surface area contributed by atoms with Crippen LogP contribution in [-0.2, 0) is 14.8 Å². The van der Waals surface area contributed by atoms with Gasteiger partial charge in [0.1, 0.15) is 16.8 Å². The summed E-state index contributed by atoms with van der Waals surface area (Å²) in [4.78, 5) is 17.8. The highest BCUT2D eigenvalue weighted by molar-refractivity contribution is 7.89. The summed E-state index contributed by atoms with van der Waals surface area (Å²) in [6.07, 6.45) is 3.50. The fraction of sp³-hybridized carbons (Fsp3) is 0.600. The number of aromatic nitrogens is 1. The van der Waals surface area contributed by atoms with E-state index in [1.165, 1.54) is 12.3 Å². The number of anilines is 1. The molecule has 1 aromatic rings. The van der Waals surface area contributed by atoms with Gasteiger partial charge in [-0.3, -0.25) is 4.79 Å². The molecule has 1 fully saturated rings. The third kappa shape index (κ3) is 4.20. The van der Waals surface area contributed by atoms with Crippen molar-refractivity contribution in [3.05, 3.63) is 18.3 Å². The maximum atomic E-state index is 12.3. The second-order valence-corrected chi connectivity index (χ2v) is 7.47. The van der Waals surface area contributed by atoms with Gasteiger partial charge in [-0.1, -0.05) is 13.8 Å². The summed E-state index contributed by atoms with van der Waals surface area (Å²) in [6.45, 7) is 4.59. The first-order chi connectivity index (χ1) is 10.9. The van der Waals surface area contributed by atoms with Crippen LogP contribution in [0.25, 0.3) is 0 Å². The highest BCUT2D eigenvalue weighted by atomic mass is 32.2. The number of nitrogens with zero attached hydrogens (tertiary/aromatic N) is 2. The molecule has 1 atom stereocenters. The number of hydrogen-bond donors (Lipinski definition) is 2. The number of nitrogens with one attached hydrogen (secondary N) is 2. The van der Waals surface area contributed by atoms with E-state index in [1.54, 1.807) is 18.0 Å². The van der Waals surface area contributed by atoms with Crippen molar-refractivity contribution in [3.8, 4) is 0 Å². The maximum absolute atomic E-state index is 12.3. The normalized spacial score (nSPS) is 18.7. The van der Waals surface area contributed by atoms with Crippen LogP contribution in [0, 0.1) is 0 Å². The van der Waals surface area contributed by atoms with Crippen molar-refractivity contribution in [2.75, 3.05) is 18.9 Å². The van der Waals surface area contributed by atoms with Gasteiger partial charge < -0.3 is 10.2 Å². The molecular formula is C15H24N4O3S. The SMILES string of the molecule is CCC(CC)NS(=O)(=O)c1ccc(NC2CCN(C)C2=O)nc1. The average molecular weight is 340 g/mol. The Balaban J connectivity index is 2.06. The second-order valence-electron chi connectivity index (χ2n) is 5.76. The molecule has 2 heterocycles. The predicted molar refractivity (Wildman–Crippen MR) is 88.6 cm³/mol. The summed E-state index contributed by atoms with van der Waals surface area (Å²) < 4.78 is 27.2. The lowest BCUT2D eigenvalue weighted by molar-refractivity contribution is -0.127. The van der Waals surface area contributed by atoms with Crippen molar-refractivity contribution in [1.82, 2.24) is 14.6 Å². The van der Waals surface area contributed by atoms with E-state index < -0.39 is 10.0 Å². The van der Waals surface area contributed by atoms with Crippen LogP contribution in [0.5, 0.6) is 0 Å². The average Bonchev–Trinajstić information content (AvgIpc) is 2.85. The summed E-state index contributed by atoms with van der Waals surface area (Å²) in [5.74, 6) is 0.527. The molecule has 0 bridgehead atoms. The first-order valence-corrected chi connectivity index (χ1v) is 9.35. The molecule has 0 aromatic carbocycles.